The van der Waals surface area contributed by atoms with Gasteiger partial charge in [0.15, 0.2) is 0 Å². The standard InChI is InChI=1S/C16H14F4N2O3S/c1-2-6-26(24,25)22-14-8-13(11(19)7-12(14)20)21-16(23)15-9(17)4-3-5-10(15)18/h3-5,7-8,22H,2,6H2,1H3,(H,21,23). The summed E-state index contributed by atoms with van der Waals surface area (Å²) in [7, 11) is -3.88. The summed E-state index contributed by atoms with van der Waals surface area (Å²) < 4.78 is 80.2. The van der Waals surface area contributed by atoms with Crippen molar-refractivity contribution in [3.8, 4) is 0 Å². The van der Waals surface area contributed by atoms with Gasteiger partial charge in [-0.05, 0) is 24.6 Å². The predicted molar refractivity (Wildman–Crippen MR) is 88.4 cm³/mol. The summed E-state index contributed by atoms with van der Waals surface area (Å²) in [5.74, 6) is -6.41. The lowest BCUT2D eigenvalue weighted by atomic mass is 10.1. The number of benzene rings is 2. The van der Waals surface area contributed by atoms with Gasteiger partial charge in [-0.25, -0.2) is 26.0 Å². The topological polar surface area (TPSA) is 75.3 Å². The van der Waals surface area contributed by atoms with Crippen molar-refractivity contribution < 1.29 is 30.8 Å². The zero-order chi connectivity index (χ0) is 19.5. The van der Waals surface area contributed by atoms with Crippen LogP contribution in [0.1, 0.15) is 23.7 Å². The summed E-state index contributed by atoms with van der Waals surface area (Å²) in [5, 5.41) is 1.90. The summed E-state index contributed by atoms with van der Waals surface area (Å²) >= 11 is 0. The fourth-order valence-electron chi connectivity index (χ4n) is 2.11. The molecule has 2 aromatic rings. The van der Waals surface area contributed by atoms with Crippen molar-refractivity contribution in [2.24, 2.45) is 0 Å². The molecule has 2 N–H and O–H groups in total. The molecule has 0 aliphatic rings. The molecular weight excluding hydrogens is 376 g/mol. The lowest BCUT2D eigenvalue weighted by Gasteiger charge is -2.12. The maximum absolute atomic E-state index is 13.9. The number of halogens is 4. The normalized spacial score (nSPS) is 11.3. The SMILES string of the molecule is CCCS(=O)(=O)Nc1cc(NC(=O)c2c(F)cccc2F)c(F)cc1F. The number of amides is 1. The van der Waals surface area contributed by atoms with Gasteiger partial charge in [-0.15, -0.1) is 0 Å². The Hall–Kier alpha value is -2.62. The van der Waals surface area contributed by atoms with E-state index in [1.165, 1.54) is 0 Å². The molecule has 10 heteroatoms. The highest BCUT2D eigenvalue weighted by molar-refractivity contribution is 7.92. The third-order valence-electron chi connectivity index (χ3n) is 3.23. The van der Waals surface area contributed by atoms with Gasteiger partial charge in [-0.1, -0.05) is 13.0 Å². The molecule has 0 spiro atoms. The van der Waals surface area contributed by atoms with E-state index in [9.17, 15) is 30.8 Å². The van der Waals surface area contributed by atoms with Gasteiger partial charge >= 0.3 is 0 Å². The van der Waals surface area contributed by atoms with Crippen molar-refractivity contribution in [1.29, 1.82) is 0 Å². The molecule has 5 nitrogen and oxygen atoms in total. The molecular formula is C16H14F4N2O3S. The highest BCUT2D eigenvalue weighted by Gasteiger charge is 2.20. The van der Waals surface area contributed by atoms with E-state index in [0.717, 1.165) is 18.2 Å². The average Bonchev–Trinajstić information content (AvgIpc) is 2.51. The molecule has 140 valence electrons. The molecule has 2 aromatic carbocycles. The summed E-state index contributed by atoms with van der Waals surface area (Å²) in [6.45, 7) is 1.59. The maximum Gasteiger partial charge on any atom is 0.261 e. The molecule has 0 saturated heterocycles. The van der Waals surface area contributed by atoms with Crippen LogP contribution in [0.2, 0.25) is 0 Å². The zero-order valence-corrected chi connectivity index (χ0v) is 14.3. The van der Waals surface area contributed by atoms with E-state index in [4.69, 9.17) is 0 Å². The van der Waals surface area contributed by atoms with Crippen LogP contribution in [0, 0.1) is 23.3 Å². The molecule has 2 rings (SSSR count). The first kappa shape index (κ1) is 19.7. The van der Waals surface area contributed by atoms with Crippen molar-refractivity contribution in [2.75, 3.05) is 15.8 Å². The zero-order valence-electron chi connectivity index (χ0n) is 13.4. The smallest absolute Gasteiger partial charge is 0.261 e. The van der Waals surface area contributed by atoms with Gasteiger partial charge in [0.2, 0.25) is 10.0 Å². The number of hydrogen-bond donors (Lipinski definition) is 2. The van der Waals surface area contributed by atoms with Gasteiger partial charge in [-0.3, -0.25) is 9.52 Å². The second-order valence-electron chi connectivity index (χ2n) is 5.28. The Kier molecular flexibility index (Phi) is 5.86. The van der Waals surface area contributed by atoms with E-state index in [-0.39, 0.29) is 12.2 Å². The van der Waals surface area contributed by atoms with Crippen LogP contribution in [0.3, 0.4) is 0 Å². The summed E-state index contributed by atoms with van der Waals surface area (Å²) in [4.78, 5) is 12.0. The van der Waals surface area contributed by atoms with E-state index < -0.39 is 56.1 Å². The van der Waals surface area contributed by atoms with Gasteiger partial charge in [0, 0.05) is 6.07 Å². The molecule has 0 aliphatic heterocycles. The molecule has 26 heavy (non-hydrogen) atoms. The van der Waals surface area contributed by atoms with Crippen LogP contribution in [0.4, 0.5) is 28.9 Å². The van der Waals surface area contributed by atoms with Gasteiger partial charge in [0.25, 0.3) is 5.91 Å². The van der Waals surface area contributed by atoms with E-state index in [0.29, 0.717) is 12.1 Å². The van der Waals surface area contributed by atoms with Gasteiger partial charge in [0.1, 0.15) is 28.8 Å². The number of carbonyl (C=O) groups is 1. The molecule has 0 aromatic heterocycles. The Morgan fingerprint density at radius 3 is 2.12 bits per heavy atom. The second kappa shape index (κ2) is 7.73. The molecule has 0 unspecified atom stereocenters. The maximum atomic E-state index is 13.9. The predicted octanol–water partition coefficient (Wildman–Crippen LogP) is 3.65. The fraction of sp³-hybridized carbons (Fsp3) is 0.188. The van der Waals surface area contributed by atoms with Crippen LogP contribution >= 0.6 is 0 Å². The third-order valence-corrected chi connectivity index (χ3v) is 4.71. The molecule has 0 atom stereocenters. The average molecular weight is 390 g/mol. The first-order valence-corrected chi connectivity index (χ1v) is 9.04. The number of carbonyl (C=O) groups excluding carboxylic acids is 1. The molecule has 0 saturated carbocycles. The largest absolute Gasteiger partial charge is 0.319 e. The molecule has 0 heterocycles. The number of hydrogen-bond acceptors (Lipinski definition) is 3. The summed E-state index contributed by atoms with van der Waals surface area (Å²) in [5.41, 5.74) is -2.21. The number of nitrogens with one attached hydrogen (secondary N) is 2. The molecule has 0 radical (unpaired) electrons. The highest BCUT2D eigenvalue weighted by atomic mass is 32.2. The Morgan fingerprint density at radius 1 is 0.962 bits per heavy atom. The molecule has 0 bridgehead atoms. The first-order chi connectivity index (χ1) is 12.1. The fourth-order valence-corrected chi connectivity index (χ4v) is 3.24. The number of anilines is 2. The minimum atomic E-state index is -3.88. The Morgan fingerprint density at radius 2 is 1.54 bits per heavy atom. The van der Waals surface area contributed by atoms with Crippen molar-refractivity contribution >= 4 is 27.3 Å². The van der Waals surface area contributed by atoms with Crippen LogP contribution in [0.25, 0.3) is 0 Å². The summed E-state index contributed by atoms with van der Waals surface area (Å²) in [6, 6.07) is 3.75. The van der Waals surface area contributed by atoms with Crippen molar-refractivity contribution in [2.45, 2.75) is 13.3 Å². The summed E-state index contributed by atoms with van der Waals surface area (Å²) in [6.07, 6.45) is 0.258. The molecule has 0 aliphatic carbocycles. The van der Waals surface area contributed by atoms with Crippen LogP contribution in [0.5, 0.6) is 0 Å². The highest BCUT2D eigenvalue weighted by Crippen LogP contribution is 2.25. The Bertz CT molecular complexity index is 929. The van der Waals surface area contributed by atoms with Crippen LogP contribution in [-0.4, -0.2) is 20.1 Å². The molecule has 0 fully saturated rings. The Balaban J connectivity index is 2.35. The van der Waals surface area contributed by atoms with Crippen LogP contribution in [0.15, 0.2) is 30.3 Å². The molecule has 1 amide bonds. The monoisotopic (exact) mass is 390 g/mol. The minimum Gasteiger partial charge on any atom is -0.319 e. The van der Waals surface area contributed by atoms with Gasteiger partial charge < -0.3 is 5.32 Å². The van der Waals surface area contributed by atoms with Gasteiger partial charge in [-0.2, -0.15) is 0 Å². The van der Waals surface area contributed by atoms with E-state index in [1.54, 1.807) is 6.92 Å². The third kappa shape index (κ3) is 4.51. The quantitative estimate of drug-likeness (QED) is 0.740. The lowest BCUT2D eigenvalue weighted by Crippen LogP contribution is -2.19. The van der Waals surface area contributed by atoms with Crippen molar-refractivity contribution in [3.05, 3.63) is 59.2 Å². The Labute approximate surface area is 147 Å². The number of sulfonamides is 1. The van der Waals surface area contributed by atoms with E-state index in [1.807, 2.05) is 10.0 Å². The van der Waals surface area contributed by atoms with E-state index in [2.05, 4.69) is 0 Å². The van der Waals surface area contributed by atoms with Crippen molar-refractivity contribution in [3.63, 3.8) is 0 Å². The van der Waals surface area contributed by atoms with Crippen molar-refractivity contribution in [1.82, 2.24) is 0 Å². The lowest BCUT2D eigenvalue weighted by molar-refractivity contribution is 0.101. The number of rotatable bonds is 6. The second-order valence-corrected chi connectivity index (χ2v) is 7.13. The van der Waals surface area contributed by atoms with Crippen LogP contribution in [-0.2, 0) is 10.0 Å². The first-order valence-electron chi connectivity index (χ1n) is 7.39. The minimum absolute atomic E-state index is 0.258. The van der Waals surface area contributed by atoms with Crippen LogP contribution < -0.4 is 10.0 Å². The van der Waals surface area contributed by atoms with E-state index >= 15 is 0 Å². The van der Waals surface area contributed by atoms with Gasteiger partial charge in [0.05, 0.1) is 17.1 Å².